The Morgan fingerprint density at radius 2 is 1.76 bits per heavy atom. The van der Waals surface area contributed by atoms with E-state index < -0.39 is 0 Å². The summed E-state index contributed by atoms with van der Waals surface area (Å²) in [6.45, 7) is 2.54. The van der Waals surface area contributed by atoms with E-state index >= 15 is 0 Å². The highest BCUT2D eigenvalue weighted by Crippen LogP contribution is 2.31. The Kier molecular flexibility index (Phi) is 5.17. The van der Waals surface area contributed by atoms with Crippen LogP contribution < -0.4 is 9.47 Å². The molecule has 1 aromatic carbocycles. The van der Waals surface area contributed by atoms with Crippen LogP contribution in [0.5, 0.6) is 11.5 Å². The highest BCUT2D eigenvalue weighted by molar-refractivity contribution is 5.47. The Balaban J connectivity index is 3.05. The van der Waals surface area contributed by atoms with Gasteiger partial charge in [-0.15, -0.1) is 0 Å². The quantitative estimate of drug-likeness (QED) is 0.432. The van der Waals surface area contributed by atoms with E-state index in [1.165, 1.54) is 5.56 Å². The monoisotopic (exact) mass is 235 g/mol. The fourth-order valence-electron chi connectivity index (χ4n) is 1.74. The number of benzene rings is 1. The van der Waals surface area contributed by atoms with E-state index in [0.29, 0.717) is 18.7 Å². The van der Waals surface area contributed by atoms with E-state index in [4.69, 9.17) is 15.0 Å². The summed E-state index contributed by atoms with van der Waals surface area (Å²) >= 11 is 0. The standard InChI is InChI=1S/C12H17N3O2/c1-4-9-7-11(16-2)12(17-3)8-10(9)5-6-14-15-13/h7-8H,4-6H2,1-3H3. The lowest BCUT2D eigenvalue weighted by Gasteiger charge is -2.13. The first kappa shape index (κ1) is 13.2. The van der Waals surface area contributed by atoms with Gasteiger partial charge in [-0.25, -0.2) is 0 Å². The van der Waals surface area contributed by atoms with Crippen molar-refractivity contribution in [2.24, 2.45) is 5.11 Å². The molecule has 0 amide bonds. The molecule has 0 saturated carbocycles. The topological polar surface area (TPSA) is 67.2 Å². The van der Waals surface area contributed by atoms with E-state index in [0.717, 1.165) is 17.7 Å². The van der Waals surface area contributed by atoms with E-state index in [9.17, 15) is 0 Å². The number of aryl methyl sites for hydroxylation is 1. The maximum Gasteiger partial charge on any atom is 0.161 e. The van der Waals surface area contributed by atoms with Gasteiger partial charge in [-0.1, -0.05) is 12.0 Å². The molecule has 0 heterocycles. The predicted octanol–water partition coefficient (Wildman–Crippen LogP) is 3.12. The highest BCUT2D eigenvalue weighted by Gasteiger charge is 2.09. The molecule has 0 saturated heterocycles. The number of rotatable bonds is 6. The molecule has 5 nitrogen and oxygen atoms in total. The highest BCUT2D eigenvalue weighted by atomic mass is 16.5. The smallest absolute Gasteiger partial charge is 0.161 e. The third kappa shape index (κ3) is 3.29. The summed E-state index contributed by atoms with van der Waals surface area (Å²) in [5.74, 6) is 1.44. The zero-order valence-corrected chi connectivity index (χ0v) is 10.4. The zero-order chi connectivity index (χ0) is 12.7. The van der Waals surface area contributed by atoms with Crippen molar-refractivity contribution in [1.82, 2.24) is 0 Å². The van der Waals surface area contributed by atoms with Crippen molar-refractivity contribution in [3.63, 3.8) is 0 Å². The molecule has 0 radical (unpaired) electrons. The minimum Gasteiger partial charge on any atom is -0.493 e. The Labute approximate surface area is 101 Å². The van der Waals surface area contributed by atoms with Crippen LogP contribution in [0.1, 0.15) is 18.1 Å². The lowest BCUT2D eigenvalue weighted by atomic mass is 10.0. The SMILES string of the molecule is CCc1cc(OC)c(OC)cc1CCN=[N+]=[N-]. The van der Waals surface area contributed by atoms with Gasteiger partial charge in [0.2, 0.25) is 0 Å². The molecule has 0 spiro atoms. The number of hydrogen-bond acceptors (Lipinski definition) is 3. The molecular formula is C12H17N3O2. The first-order valence-electron chi connectivity index (χ1n) is 5.51. The summed E-state index contributed by atoms with van der Waals surface area (Å²) in [5, 5.41) is 3.55. The van der Waals surface area contributed by atoms with Crippen LogP contribution in [-0.4, -0.2) is 20.8 Å². The summed E-state index contributed by atoms with van der Waals surface area (Å²) in [4.78, 5) is 2.75. The number of methoxy groups -OCH3 is 2. The molecule has 0 unspecified atom stereocenters. The van der Waals surface area contributed by atoms with Gasteiger partial charge in [0.15, 0.2) is 11.5 Å². The second-order valence-electron chi connectivity index (χ2n) is 3.53. The first-order chi connectivity index (χ1) is 8.26. The molecule has 0 N–H and O–H groups in total. The molecule has 0 aromatic heterocycles. The van der Waals surface area contributed by atoms with Crippen LogP contribution >= 0.6 is 0 Å². The first-order valence-corrected chi connectivity index (χ1v) is 5.51. The van der Waals surface area contributed by atoms with Gasteiger partial charge in [-0.2, -0.15) is 0 Å². The van der Waals surface area contributed by atoms with Gasteiger partial charge in [0, 0.05) is 11.5 Å². The minimum atomic E-state index is 0.457. The molecule has 17 heavy (non-hydrogen) atoms. The van der Waals surface area contributed by atoms with Crippen LogP contribution in [0.15, 0.2) is 17.2 Å². The van der Waals surface area contributed by atoms with Crippen molar-refractivity contribution < 1.29 is 9.47 Å². The van der Waals surface area contributed by atoms with E-state index in [1.807, 2.05) is 12.1 Å². The molecule has 5 heteroatoms. The molecule has 1 rings (SSSR count). The normalized spacial score (nSPS) is 9.59. The summed E-state index contributed by atoms with van der Waals surface area (Å²) in [6.07, 6.45) is 1.62. The van der Waals surface area contributed by atoms with Crippen LogP contribution in [-0.2, 0) is 12.8 Å². The second-order valence-corrected chi connectivity index (χ2v) is 3.53. The molecule has 0 bridgehead atoms. The van der Waals surface area contributed by atoms with Crippen LogP contribution in [0.25, 0.3) is 10.4 Å². The minimum absolute atomic E-state index is 0.457. The Morgan fingerprint density at radius 1 is 1.18 bits per heavy atom. The fourth-order valence-corrected chi connectivity index (χ4v) is 1.74. The zero-order valence-electron chi connectivity index (χ0n) is 10.4. The van der Waals surface area contributed by atoms with Gasteiger partial charge in [0.1, 0.15) is 0 Å². The third-order valence-electron chi connectivity index (χ3n) is 2.63. The van der Waals surface area contributed by atoms with Crippen molar-refractivity contribution in [3.8, 4) is 11.5 Å². The van der Waals surface area contributed by atoms with Crippen molar-refractivity contribution >= 4 is 0 Å². The van der Waals surface area contributed by atoms with E-state index in [-0.39, 0.29) is 0 Å². The molecule has 1 aromatic rings. The van der Waals surface area contributed by atoms with Crippen LogP contribution in [0.4, 0.5) is 0 Å². The van der Waals surface area contributed by atoms with Crippen LogP contribution in [0.2, 0.25) is 0 Å². The van der Waals surface area contributed by atoms with Gasteiger partial charge < -0.3 is 9.47 Å². The van der Waals surface area contributed by atoms with Crippen molar-refractivity contribution in [3.05, 3.63) is 33.7 Å². The lowest BCUT2D eigenvalue weighted by Crippen LogP contribution is -1.99. The summed E-state index contributed by atoms with van der Waals surface area (Å²) in [5.41, 5.74) is 10.6. The summed E-state index contributed by atoms with van der Waals surface area (Å²) < 4.78 is 10.5. The van der Waals surface area contributed by atoms with Gasteiger partial charge in [0.05, 0.1) is 14.2 Å². The van der Waals surface area contributed by atoms with Gasteiger partial charge >= 0.3 is 0 Å². The number of hydrogen-bond donors (Lipinski definition) is 0. The second kappa shape index (κ2) is 6.66. The molecule has 0 aliphatic heterocycles. The Hall–Kier alpha value is -1.87. The lowest BCUT2D eigenvalue weighted by molar-refractivity contribution is 0.354. The average molecular weight is 235 g/mol. The van der Waals surface area contributed by atoms with E-state index in [2.05, 4.69) is 16.9 Å². The largest absolute Gasteiger partial charge is 0.493 e. The third-order valence-corrected chi connectivity index (χ3v) is 2.63. The number of azide groups is 1. The fraction of sp³-hybridized carbons (Fsp3) is 0.500. The molecule has 0 atom stereocenters. The van der Waals surface area contributed by atoms with Crippen molar-refractivity contribution in [2.45, 2.75) is 19.8 Å². The number of ether oxygens (including phenoxy) is 2. The molecule has 0 aliphatic carbocycles. The number of nitrogens with zero attached hydrogens (tertiary/aromatic N) is 3. The van der Waals surface area contributed by atoms with E-state index in [1.54, 1.807) is 14.2 Å². The molecule has 0 fully saturated rings. The van der Waals surface area contributed by atoms with Crippen LogP contribution in [0, 0.1) is 0 Å². The van der Waals surface area contributed by atoms with Crippen molar-refractivity contribution in [2.75, 3.05) is 20.8 Å². The van der Waals surface area contributed by atoms with Gasteiger partial charge in [0.25, 0.3) is 0 Å². The maximum absolute atomic E-state index is 8.27. The summed E-state index contributed by atoms with van der Waals surface area (Å²) in [7, 11) is 3.23. The van der Waals surface area contributed by atoms with Crippen molar-refractivity contribution in [1.29, 1.82) is 0 Å². The molecule has 0 aliphatic rings. The predicted molar refractivity (Wildman–Crippen MR) is 66.6 cm³/mol. The Bertz CT molecular complexity index is 426. The van der Waals surface area contributed by atoms with Gasteiger partial charge in [-0.05, 0) is 41.6 Å². The summed E-state index contributed by atoms with van der Waals surface area (Å²) in [6, 6.07) is 3.93. The maximum atomic E-state index is 8.27. The Morgan fingerprint density at radius 3 is 2.24 bits per heavy atom. The van der Waals surface area contributed by atoms with Crippen LogP contribution in [0.3, 0.4) is 0 Å². The molecular weight excluding hydrogens is 218 g/mol. The average Bonchev–Trinajstić information content (AvgIpc) is 2.38. The van der Waals surface area contributed by atoms with Gasteiger partial charge in [-0.3, -0.25) is 0 Å². The molecule has 92 valence electrons.